The number of nitrogens with one attached hydrogen (secondary N) is 1. The zero-order valence-corrected chi connectivity index (χ0v) is 13.9. The Labute approximate surface area is 139 Å². The van der Waals surface area contributed by atoms with E-state index in [9.17, 15) is 4.79 Å². The highest BCUT2D eigenvalue weighted by atomic mass is 16.1. The Morgan fingerprint density at radius 2 is 1.78 bits per heavy atom. The van der Waals surface area contributed by atoms with Crippen LogP contribution >= 0.6 is 0 Å². The van der Waals surface area contributed by atoms with Crippen LogP contribution < -0.4 is 5.32 Å². The largest absolute Gasteiger partial charge is 0.349 e. The molecule has 3 nitrogen and oxygen atoms in total. The Hall–Kier alpha value is -1.61. The smallest absolute Gasteiger partial charge is 0.251 e. The standard InChI is InChI=1S/C20H28N2O/c23-20(17-9-5-4-6-10-17)21-18-13-15-22(16-14-18)19-11-7-2-1-3-8-12-19/h4-7,9-11,18-19H,1-3,8,12-16H2,(H,21,23). The fourth-order valence-corrected chi connectivity index (χ4v) is 3.68. The van der Waals surface area contributed by atoms with E-state index in [0.717, 1.165) is 31.5 Å². The van der Waals surface area contributed by atoms with Gasteiger partial charge in [0.25, 0.3) is 5.91 Å². The normalized spacial score (nSPS) is 23.9. The van der Waals surface area contributed by atoms with E-state index in [-0.39, 0.29) is 5.91 Å². The topological polar surface area (TPSA) is 32.3 Å². The second kappa shape index (κ2) is 8.30. The number of hydrogen-bond donors (Lipinski definition) is 1. The Kier molecular flexibility index (Phi) is 5.87. The molecule has 1 saturated heterocycles. The van der Waals surface area contributed by atoms with Crippen LogP contribution in [0.25, 0.3) is 0 Å². The fourth-order valence-electron chi connectivity index (χ4n) is 3.68. The lowest BCUT2D eigenvalue weighted by Gasteiger charge is -2.37. The highest BCUT2D eigenvalue weighted by molar-refractivity contribution is 5.94. The highest BCUT2D eigenvalue weighted by Crippen LogP contribution is 2.21. The number of carbonyl (C=O) groups excluding carboxylic acids is 1. The molecule has 1 heterocycles. The van der Waals surface area contributed by atoms with Gasteiger partial charge in [-0.05, 0) is 44.2 Å². The van der Waals surface area contributed by atoms with Crippen LogP contribution in [-0.2, 0) is 0 Å². The molecule has 0 spiro atoms. The minimum atomic E-state index is 0.0647. The molecule has 0 bridgehead atoms. The Balaban J connectivity index is 1.48. The molecule has 1 amide bonds. The third-order valence-corrected chi connectivity index (χ3v) is 5.10. The average molecular weight is 312 g/mol. The van der Waals surface area contributed by atoms with Crippen molar-refractivity contribution in [2.75, 3.05) is 13.1 Å². The van der Waals surface area contributed by atoms with E-state index in [1.165, 1.54) is 32.1 Å². The van der Waals surface area contributed by atoms with Gasteiger partial charge in [-0.2, -0.15) is 0 Å². The van der Waals surface area contributed by atoms with Gasteiger partial charge >= 0.3 is 0 Å². The van der Waals surface area contributed by atoms with Crippen LogP contribution in [0.2, 0.25) is 0 Å². The number of benzene rings is 1. The number of rotatable bonds is 3. The van der Waals surface area contributed by atoms with E-state index in [4.69, 9.17) is 0 Å². The fraction of sp³-hybridized carbons (Fsp3) is 0.550. The second-order valence-electron chi connectivity index (χ2n) is 6.78. The summed E-state index contributed by atoms with van der Waals surface area (Å²) in [5.74, 6) is 0.0647. The van der Waals surface area contributed by atoms with Crippen LogP contribution in [0.4, 0.5) is 0 Å². The van der Waals surface area contributed by atoms with Crippen molar-refractivity contribution in [2.45, 2.75) is 57.0 Å². The predicted octanol–water partition coefficient (Wildman–Crippen LogP) is 3.77. The lowest BCUT2D eigenvalue weighted by molar-refractivity contribution is 0.0899. The molecule has 23 heavy (non-hydrogen) atoms. The first-order valence-corrected chi connectivity index (χ1v) is 9.09. The molecule has 2 aliphatic rings. The summed E-state index contributed by atoms with van der Waals surface area (Å²) in [5.41, 5.74) is 0.762. The maximum Gasteiger partial charge on any atom is 0.251 e. The number of allylic oxidation sites excluding steroid dienone is 1. The molecule has 1 atom stereocenters. The quantitative estimate of drug-likeness (QED) is 0.862. The maximum absolute atomic E-state index is 12.2. The minimum Gasteiger partial charge on any atom is -0.349 e. The van der Waals surface area contributed by atoms with Crippen molar-refractivity contribution in [3.63, 3.8) is 0 Å². The van der Waals surface area contributed by atoms with Gasteiger partial charge in [0.2, 0.25) is 0 Å². The molecule has 1 aliphatic carbocycles. The molecule has 1 aliphatic heterocycles. The summed E-state index contributed by atoms with van der Waals surface area (Å²) in [4.78, 5) is 14.8. The third-order valence-electron chi connectivity index (χ3n) is 5.10. The van der Waals surface area contributed by atoms with E-state index < -0.39 is 0 Å². The molecule has 1 aromatic carbocycles. The van der Waals surface area contributed by atoms with Crippen molar-refractivity contribution in [3.05, 3.63) is 48.0 Å². The van der Waals surface area contributed by atoms with Crippen LogP contribution in [0.1, 0.15) is 55.3 Å². The number of amides is 1. The molecule has 1 aromatic rings. The molecule has 0 aromatic heterocycles. The maximum atomic E-state index is 12.2. The molecule has 124 valence electrons. The molecule has 1 fully saturated rings. The summed E-state index contributed by atoms with van der Waals surface area (Å²) < 4.78 is 0. The first-order chi connectivity index (χ1) is 11.3. The van der Waals surface area contributed by atoms with Crippen molar-refractivity contribution in [1.29, 1.82) is 0 Å². The molecule has 3 rings (SSSR count). The van der Waals surface area contributed by atoms with Crippen LogP contribution in [0, 0.1) is 0 Å². The summed E-state index contributed by atoms with van der Waals surface area (Å²) >= 11 is 0. The van der Waals surface area contributed by atoms with Gasteiger partial charge in [-0.25, -0.2) is 0 Å². The molecule has 1 unspecified atom stereocenters. The van der Waals surface area contributed by atoms with Crippen molar-refractivity contribution in [1.82, 2.24) is 10.2 Å². The minimum absolute atomic E-state index is 0.0647. The Morgan fingerprint density at radius 1 is 1.00 bits per heavy atom. The molecule has 0 saturated carbocycles. The number of nitrogens with zero attached hydrogens (tertiary/aromatic N) is 1. The predicted molar refractivity (Wildman–Crippen MR) is 94.5 cm³/mol. The molecule has 0 radical (unpaired) electrons. The van der Waals surface area contributed by atoms with Crippen LogP contribution in [0.3, 0.4) is 0 Å². The van der Waals surface area contributed by atoms with Crippen molar-refractivity contribution < 1.29 is 4.79 Å². The van der Waals surface area contributed by atoms with E-state index >= 15 is 0 Å². The second-order valence-corrected chi connectivity index (χ2v) is 6.78. The van der Waals surface area contributed by atoms with Gasteiger partial charge in [0.05, 0.1) is 0 Å². The zero-order valence-electron chi connectivity index (χ0n) is 13.9. The summed E-state index contributed by atoms with van der Waals surface area (Å²) in [5, 5.41) is 3.20. The lowest BCUT2D eigenvalue weighted by Crippen LogP contribution is -2.47. The van der Waals surface area contributed by atoms with Crippen LogP contribution in [0.15, 0.2) is 42.5 Å². The summed E-state index contributed by atoms with van der Waals surface area (Å²) in [7, 11) is 0. The van der Waals surface area contributed by atoms with Crippen molar-refractivity contribution in [3.8, 4) is 0 Å². The SMILES string of the molecule is O=C(NC1CCN(C2C=CCCCCC2)CC1)c1ccccc1. The highest BCUT2D eigenvalue weighted by Gasteiger charge is 2.24. The van der Waals surface area contributed by atoms with Gasteiger partial charge in [-0.15, -0.1) is 0 Å². The first kappa shape index (κ1) is 16.3. The van der Waals surface area contributed by atoms with Gasteiger partial charge in [0.15, 0.2) is 0 Å². The lowest BCUT2D eigenvalue weighted by atomic mass is 9.97. The van der Waals surface area contributed by atoms with Gasteiger partial charge in [0, 0.05) is 30.7 Å². The van der Waals surface area contributed by atoms with Gasteiger partial charge in [-0.3, -0.25) is 9.69 Å². The van der Waals surface area contributed by atoms with Crippen LogP contribution in [0.5, 0.6) is 0 Å². The van der Waals surface area contributed by atoms with E-state index in [1.807, 2.05) is 30.3 Å². The summed E-state index contributed by atoms with van der Waals surface area (Å²) in [6.45, 7) is 2.18. The van der Waals surface area contributed by atoms with E-state index in [1.54, 1.807) is 0 Å². The van der Waals surface area contributed by atoms with E-state index in [2.05, 4.69) is 22.4 Å². The summed E-state index contributed by atoms with van der Waals surface area (Å²) in [6, 6.07) is 10.5. The molecular weight excluding hydrogens is 284 g/mol. The average Bonchev–Trinajstić information content (AvgIpc) is 2.56. The number of carbonyl (C=O) groups is 1. The molecular formula is C20H28N2O. The van der Waals surface area contributed by atoms with Crippen LogP contribution in [-0.4, -0.2) is 36.0 Å². The molecule has 1 N–H and O–H groups in total. The molecule has 3 heteroatoms. The Bertz CT molecular complexity index is 518. The third kappa shape index (κ3) is 4.68. The van der Waals surface area contributed by atoms with Gasteiger partial charge in [-0.1, -0.05) is 43.2 Å². The van der Waals surface area contributed by atoms with Gasteiger partial charge in [0.1, 0.15) is 0 Å². The van der Waals surface area contributed by atoms with Crippen molar-refractivity contribution in [2.24, 2.45) is 0 Å². The van der Waals surface area contributed by atoms with Crippen molar-refractivity contribution >= 4 is 5.91 Å². The summed E-state index contributed by atoms with van der Waals surface area (Å²) in [6.07, 6.45) is 13.5. The number of piperidine rings is 1. The first-order valence-electron chi connectivity index (χ1n) is 9.09. The Morgan fingerprint density at radius 3 is 2.57 bits per heavy atom. The number of hydrogen-bond acceptors (Lipinski definition) is 2. The monoisotopic (exact) mass is 312 g/mol. The number of likely N-dealkylation sites (tertiary alicyclic amines) is 1. The van der Waals surface area contributed by atoms with E-state index in [0.29, 0.717) is 12.1 Å². The zero-order chi connectivity index (χ0) is 15.9. The van der Waals surface area contributed by atoms with Gasteiger partial charge < -0.3 is 5.32 Å².